The van der Waals surface area contributed by atoms with Crippen molar-refractivity contribution in [2.75, 3.05) is 20.1 Å². The minimum atomic E-state index is -0.881. The van der Waals surface area contributed by atoms with Crippen molar-refractivity contribution in [3.05, 3.63) is 0 Å². The number of carboxylic acid groups (broad SMARTS) is 1. The second-order valence-corrected chi connectivity index (χ2v) is 4.69. The lowest BCUT2D eigenvalue weighted by Crippen LogP contribution is -2.35. The standard InChI is InChI=1S/C11H20N2O3/c1-8(5-11(15)16)12-10(14)6-9-3-4-13(2)7-9/h8-9H,3-7H2,1-2H3,(H,12,14)(H,15,16). The Morgan fingerprint density at radius 2 is 2.25 bits per heavy atom. The minimum absolute atomic E-state index is 0.0176. The lowest BCUT2D eigenvalue weighted by molar-refractivity contribution is -0.137. The van der Waals surface area contributed by atoms with Crippen LogP contribution in [-0.2, 0) is 9.59 Å². The number of rotatable bonds is 5. The first-order valence-electron chi connectivity index (χ1n) is 5.67. The molecular weight excluding hydrogens is 208 g/mol. The molecule has 2 atom stereocenters. The van der Waals surface area contributed by atoms with Gasteiger partial charge in [-0.1, -0.05) is 0 Å². The summed E-state index contributed by atoms with van der Waals surface area (Å²) in [6, 6.07) is -0.288. The molecule has 2 N–H and O–H groups in total. The maximum atomic E-state index is 11.6. The van der Waals surface area contributed by atoms with Gasteiger partial charge in [-0.3, -0.25) is 9.59 Å². The van der Waals surface area contributed by atoms with Crippen LogP contribution in [0.15, 0.2) is 0 Å². The quantitative estimate of drug-likeness (QED) is 0.710. The monoisotopic (exact) mass is 228 g/mol. The predicted molar refractivity (Wildman–Crippen MR) is 60.1 cm³/mol. The summed E-state index contributed by atoms with van der Waals surface area (Å²) in [4.78, 5) is 24.2. The zero-order valence-corrected chi connectivity index (χ0v) is 9.90. The molecular formula is C11H20N2O3. The highest BCUT2D eigenvalue weighted by Gasteiger charge is 2.22. The summed E-state index contributed by atoms with van der Waals surface area (Å²) in [5.74, 6) is -0.496. The summed E-state index contributed by atoms with van der Waals surface area (Å²) in [6.45, 7) is 3.72. The van der Waals surface area contributed by atoms with Gasteiger partial charge in [-0.05, 0) is 32.9 Å². The zero-order chi connectivity index (χ0) is 12.1. The highest BCUT2D eigenvalue weighted by Crippen LogP contribution is 2.17. The van der Waals surface area contributed by atoms with Gasteiger partial charge in [-0.15, -0.1) is 0 Å². The molecule has 5 heteroatoms. The van der Waals surface area contributed by atoms with Crippen LogP contribution >= 0.6 is 0 Å². The van der Waals surface area contributed by atoms with Gasteiger partial charge in [0.15, 0.2) is 0 Å². The average molecular weight is 228 g/mol. The fraction of sp³-hybridized carbons (Fsp3) is 0.818. The van der Waals surface area contributed by atoms with Crippen LogP contribution < -0.4 is 5.32 Å². The lowest BCUT2D eigenvalue weighted by atomic mass is 10.0. The van der Waals surface area contributed by atoms with E-state index in [-0.39, 0.29) is 18.4 Å². The zero-order valence-electron chi connectivity index (χ0n) is 9.90. The summed E-state index contributed by atoms with van der Waals surface area (Å²) in [5, 5.41) is 11.3. The molecule has 1 amide bonds. The number of carbonyl (C=O) groups excluding carboxylic acids is 1. The van der Waals surface area contributed by atoms with E-state index in [2.05, 4.69) is 10.2 Å². The maximum Gasteiger partial charge on any atom is 0.305 e. The number of likely N-dealkylation sites (tertiary alicyclic amines) is 1. The van der Waals surface area contributed by atoms with Gasteiger partial charge < -0.3 is 15.3 Å². The third kappa shape index (κ3) is 4.61. The van der Waals surface area contributed by atoms with Crippen LogP contribution in [0.25, 0.3) is 0 Å². The van der Waals surface area contributed by atoms with Gasteiger partial charge in [0.1, 0.15) is 0 Å². The van der Waals surface area contributed by atoms with Crippen molar-refractivity contribution < 1.29 is 14.7 Å². The van der Waals surface area contributed by atoms with Crippen molar-refractivity contribution in [3.8, 4) is 0 Å². The number of aliphatic carboxylic acids is 1. The Balaban J connectivity index is 2.22. The van der Waals surface area contributed by atoms with E-state index in [1.165, 1.54) is 0 Å². The van der Waals surface area contributed by atoms with Crippen molar-refractivity contribution in [2.24, 2.45) is 5.92 Å². The van der Waals surface area contributed by atoms with Gasteiger partial charge >= 0.3 is 5.97 Å². The summed E-state index contributed by atoms with van der Waals surface area (Å²) in [6.07, 6.45) is 1.54. The predicted octanol–water partition coefficient (Wildman–Crippen LogP) is 0.308. The van der Waals surface area contributed by atoms with Gasteiger partial charge in [0.25, 0.3) is 0 Å². The molecule has 1 rings (SSSR count). The molecule has 0 aromatic heterocycles. The number of nitrogens with zero attached hydrogens (tertiary/aromatic N) is 1. The molecule has 5 nitrogen and oxygen atoms in total. The molecule has 0 aromatic carbocycles. The highest BCUT2D eigenvalue weighted by molar-refractivity contribution is 5.77. The molecule has 0 saturated carbocycles. The van der Waals surface area contributed by atoms with Crippen molar-refractivity contribution in [3.63, 3.8) is 0 Å². The second-order valence-electron chi connectivity index (χ2n) is 4.69. The first kappa shape index (κ1) is 13.0. The third-order valence-electron chi connectivity index (χ3n) is 2.85. The van der Waals surface area contributed by atoms with Gasteiger partial charge in [0, 0.05) is 19.0 Å². The molecule has 1 aliphatic heterocycles. The molecule has 2 unspecified atom stereocenters. The number of carboxylic acids is 1. The van der Waals surface area contributed by atoms with Gasteiger partial charge in [-0.25, -0.2) is 0 Å². The molecule has 1 aliphatic rings. The van der Waals surface area contributed by atoms with Crippen molar-refractivity contribution in [1.82, 2.24) is 10.2 Å². The Kier molecular flexibility index (Phi) is 4.73. The number of hydrogen-bond donors (Lipinski definition) is 2. The topological polar surface area (TPSA) is 69.6 Å². The molecule has 0 bridgehead atoms. The molecule has 16 heavy (non-hydrogen) atoms. The summed E-state index contributed by atoms with van der Waals surface area (Å²) >= 11 is 0. The largest absolute Gasteiger partial charge is 0.481 e. The SMILES string of the molecule is CC(CC(=O)O)NC(=O)CC1CCN(C)C1. The molecule has 1 fully saturated rings. The molecule has 1 saturated heterocycles. The molecule has 1 heterocycles. The Labute approximate surface area is 95.8 Å². The Morgan fingerprint density at radius 1 is 1.56 bits per heavy atom. The average Bonchev–Trinajstić information content (AvgIpc) is 2.48. The Hall–Kier alpha value is -1.10. The van der Waals surface area contributed by atoms with Crippen molar-refractivity contribution >= 4 is 11.9 Å². The van der Waals surface area contributed by atoms with Crippen molar-refractivity contribution in [2.45, 2.75) is 32.2 Å². The van der Waals surface area contributed by atoms with E-state index in [0.717, 1.165) is 19.5 Å². The van der Waals surface area contributed by atoms with Crippen LogP contribution in [0.5, 0.6) is 0 Å². The van der Waals surface area contributed by atoms with Crippen LogP contribution in [-0.4, -0.2) is 48.1 Å². The first-order valence-corrected chi connectivity index (χ1v) is 5.67. The Bertz CT molecular complexity index is 268. The number of amides is 1. The van der Waals surface area contributed by atoms with Gasteiger partial charge in [0.2, 0.25) is 5.91 Å². The lowest BCUT2D eigenvalue weighted by Gasteiger charge is -2.14. The first-order chi connectivity index (χ1) is 7.47. The number of nitrogens with one attached hydrogen (secondary N) is 1. The van der Waals surface area contributed by atoms with Gasteiger partial charge in [-0.2, -0.15) is 0 Å². The smallest absolute Gasteiger partial charge is 0.305 e. The van der Waals surface area contributed by atoms with E-state index in [1.54, 1.807) is 6.92 Å². The van der Waals surface area contributed by atoms with E-state index >= 15 is 0 Å². The summed E-state index contributed by atoms with van der Waals surface area (Å²) < 4.78 is 0. The normalized spacial score (nSPS) is 23.0. The van der Waals surface area contributed by atoms with Crippen LogP contribution in [0.1, 0.15) is 26.2 Å². The minimum Gasteiger partial charge on any atom is -0.481 e. The summed E-state index contributed by atoms with van der Waals surface area (Å²) in [7, 11) is 2.05. The molecule has 0 radical (unpaired) electrons. The van der Waals surface area contributed by atoms with Crippen LogP contribution in [0.3, 0.4) is 0 Å². The molecule has 0 aliphatic carbocycles. The highest BCUT2D eigenvalue weighted by atomic mass is 16.4. The fourth-order valence-electron chi connectivity index (χ4n) is 2.10. The summed E-state index contributed by atoms with van der Waals surface area (Å²) in [5.41, 5.74) is 0. The fourth-order valence-corrected chi connectivity index (χ4v) is 2.10. The van der Waals surface area contributed by atoms with E-state index < -0.39 is 5.97 Å². The maximum absolute atomic E-state index is 11.6. The van der Waals surface area contributed by atoms with Crippen LogP contribution in [0, 0.1) is 5.92 Å². The molecule has 92 valence electrons. The van der Waals surface area contributed by atoms with E-state index in [4.69, 9.17) is 5.11 Å². The van der Waals surface area contributed by atoms with Gasteiger partial charge in [0.05, 0.1) is 6.42 Å². The Morgan fingerprint density at radius 3 is 2.75 bits per heavy atom. The van der Waals surface area contributed by atoms with E-state index in [0.29, 0.717) is 12.3 Å². The second kappa shape index (κ2) is 5.84. The van der Waals surface area contributed by atoms with E-state index in [9.17, 15) is 9.59 Å². The van der Waals surface area contributed by atoms with E-state index in [1.807, 2.05) is 7.05 Å². The molecule has 0 spiro atoms. The van der Waals surface area contributed by atoms with Crippen LogP contribution in [0.2, 0.25) is 0 Å². The number of carbonyl (C=O) groups is 2. The molecule has 0 aromatic rings. The van der Waals surface area contributed by atoms with Crippen molar-refractivity contribution in [1.29, 1.82) is 0 Å². The number of hydrogen-bond acceptors (Lipinski definition) is 3. The van der Waals surface area contributed by atoms with Crippen LogP contribution in [0.4, 0.5) is 0 Å². The third-order valence-corrected chi connectivity index (χ3v) is 2.85.